The van der Waals surface area contributed by atoms with Crippen molar-refractivity contribution in [2.75, 3.05) is 57.5 Å². The highest BCUT2D eigenvalue weighted by atomic mass is 32.1. The summed E-state index contributed by atoms with van der Waals surface area (Å²) in [5.74, 6) is 0.520. The number of benzene rings is 1. The molecule has 38 heavy (non-hydrogen) atoms. The Hall–Kier alpha value is -2.61. The first-order valence-corrected chi connectivity index (χ1v) is 14.9. The molecule has 214 valence electrons. The molecule has 0 bridgehead atoms. The predicted molar refractivity (Wildman–Crippen MR) is 174 cm³/mol. The van der Waals surface area contributed by atoms with Gasteiger partial charge < -0.3 is 26.6 Å². The molecule has 0 amide bonds. The van der Waals surface area contributed by atoms with Crippen molar-refractivity contribution in [1.82, 2.24) is 10.2 Å². The molecule has 0 radical (unpaired) electrons. The van der Waals surface area contributed by atoms with Crippen molar-refractivity contribution in [2.24, 2.45) is 10.7 Å². The third-order valence-corrected chi connectivity index (χ3v) is 6.33. The van der Waals surface area contributed by atoms with Crippen LogP contribution in [-0.2, 0) is 0 Å². The zero-order valence-electron chi connectivity index (χ0n) is 25.3. The minimum absolute atomic E-state index is 0.520. The van der Waals surface area contributed by atoms with Gasteiger partial charge in [-0.2, -0.15) is 0 Å². The Morgan fingerprint density at radius 2 is 1.76 bits per heavy atom. The highest BCUT2D eigenvalue weighted by Gasteiger charge is 2.12. The fourth-order valence-corrected chi connectivity index (χ4v) is 4.06. The van der Waals surface area contributed by atoms with E-state index in [0.717, 1.165) is 73.9 Å². The molecule has 0 saturated heterocycles. The van der Waals surface area contributed by atoms with Gasteiger partial charge >= 0.3 is 0 Å². The van der Waals surface area contributed by atoms with E-state index in [-0.39, 0.29) is 0 Å². The van der Waals surface area contributed by atoms with Gasteiger partial charge in [-0.3, -0.25) is 0 Å². The monoisotopic (exact) mass is 542 g/mol. The summed E-state index contributed by atoms with van der Waals surface area (Å²) >= 11 is 1.58. The standard InChI is InChI=1S/C22H33N5S.C7H15N.C2H6/c1-5-7-17(2)11-12-27(14-13-26(3)4)20-10-9-18(16-19(20)23)25-22(24)21-8-6-15-28-21;1-3-5-6-7-8-4-2;1-2/h6-10,15-16H,5,11-14,23H2,1-4H3,(H2,24,25);5-6,8H,3-4,7H2,1-2H3;1-2H3/b17-7+;6-5-;. The van der Waals surface area contributed by atoms with Crippen LogP contribution in [0.5, 0.6) is 0 Å². The van der Waals surface area contributed by atoms with Crippen LogP contribution in [0.2, 0.25) is 0 Å². The van der Waals surface area contributed by atoms with Gasteiger partial charge in [-0.15, -0.1) is 11.3 Å². The van der Waals surface area contributed by atoms with Crippen LogP contribution in [0.25, 0.3) is 0 Å². The van der Waals surface area contributed by atoms with Crippen molar-refractivity contribution in [2.45, 2.75) is 60.8 Å². The molecule has 6 nitrogen and oxygen atoms in total. The van der Waals surface area contributed by atoms with Gasteiger partial charge in [-0.25, -0.2) is 4.99 Å². The van der Waals surface area contributed by atoms with Crippen LogP contribution in [0, 0.1) is 0 Å². The Kier molecular flexibility index (Phi) is 20.8. The van der Waals surface area contributed by atoms with Crippen LogP contribution in [0.1, 0.15) is 65.7 Å². The molecule has 0 unspecified atom stereocenters. The zero-order chi connectivity index (χ0) is 28.8. The number of aliphatic imine (C=N–C) groups is 1. The number of thiophene rings is 1. The Labute approximate surface area is 237 Å². The van der Waals surface area contributed by atoms with Crippen molar-refractivity contribution >= 4 is 34.2 Å². The van der Waals surface area contributed by atoms with Gasteiger partial charge in [0.05, 0.1) is 21.9 Å². The van der Waals surface area contributed by atoms with Gasteiger partial charge in [0.1, 0.15) is 5.84 Å². The molecule has 0 atom stereocenters. The Balaban J connectivity index is 0.00000117. The fraction of sp³-hybridized carbons (Fsp3) is 0.516. The van der Waals surface area contributed by atoms with Gasteiger partial charge in [0.2, 0.25) is 0 Å². The van der Waals surface area contributed by atoms with E-state index in [4.69, 9.17) is 11.5 Å². The molecule has 0 aliphatic carbocycles. The van der Waals surface area contributed by atoms with Crippen LogP contribution in [-0.4, -0.2) is 57.6 Å². The Morgan fingerprint density at radius 1 is 1.03 bits per heavy atom. The lowest BCUT2D eigenvalue weighted by Crippen LogP contribution is -2.33. The van der Waals surface area contributed by atoms with Gasteiger partial charge in [-0.05, 0) is 76.5 Å². The highest BCUT2D eigenvalue weighted by molar-refractivity contribution is 7.12. The molecular weight excluding hydrogens is 488 g/mol. The molecule has 2 rings (SSSR count). The molecule has 1 heterocycles. The van der Waals surface area contributed by atoms with E-state index in [0.29, 0.717) is 5.84 Å². The Bertz CT molecular complexity index is 932. The van der Waals surface area contributed by atoms with Crippen molar-refractivity contribution in [3.05, 3.63) is 64.4 Å². The van der Waals surface area contributed by atoms with Gasteiger partial charge in [0.15, 0.2) is 0 Å². The van der Waals surface area contributed by atoms with Gasteiger partial charge in [0, 0.05) is 26.2 Å². The fourth-order valence-electron chi connectivity index (χ4n) is 3.43. The zero-order valence-corrected chi connectivity index (χ0v) is 26.1. The minimum atomic E-state index is 0.520. The maximum absolute atomic E-state index is 6.41. The van der Waals surface area contributed by atoms with Crippen LogP contribution >= 0.6 is 11.3 Å². The SMILES string of the molecule is CC.CC/C=C(\C)CCN(CCN(C)C)c1ccc(N=C(N)c2cccs2)cc1N.CC/C=C\CNCC. The summed E-state index contributed by atoms with van der Waals surface area (Å²) in [5.41, 5.74) is 16.5. The topological polar surface area (TPSA) is 82.9 Å². The summed E-state index contributed by atoms with van der Waals surface area (Å²) in [6.07, 6.45) is 9.87. The summed E-state index contributed by atoms with van der Waals surface area (Å²) in [6.45, 7) is 17.5. The summed E-state index contributed by atoms with van der Waals surface area (Å²) in [7, 11) is 4.18. The lowest BCUT2D eigenvalue weighted by atomic mass is 10.1. The van der Waals surface area contributed by atoms with E-state index in [1.165, 1.54) is 5.57 Å². The average Bonchev–Trinajstić information content (AvgIpc) is 3.44. The average molecular weight is 543 g/mol. The lowest BCUT2D eigenvalue weighted by molar-refractivity contribution is 0.413. The largest absolute Gasteiger partial charge is 0.397 e. The second kappa shape index (κ2) is 22.4. The van der Waals surface area contributed by atoms with E-state index in [1.807, 2.05) is 43.5 Å². The van der Waals surface area contributed by atoms with Crippen LogP contribution in [0.3, 0.4) is 0 Å². The Morgan fingerprint density at radius 3 is 2.32 bits per heavy atom. The maximum atomic E-state index is 6.41. The first-order valence-electron chi connectivity index (χ1n) is 14.0. The molecule has 0 saturated carbocycles. The van der Waals surface area contributed by atoms with Gasteiger partial charge in [0.25, 0.3) is 0 Å². The second-order valence-electron chi connectivity index (χ2n) is 8.90. The summed E-state index contributed by atoms with van der Waals surface area (Å²) in [4.78, 5) is 10.0. The molecule has 1 aromatic heterocycles. The van der Waals surface area contributed by atoms with Crippen molar-refractivity contribution in [3.63, 3.8) is 0 Å². The molecule has 1 aromatic carbocycles. The lowest BCUT2D eigenvalue weighted by Gasteiger charge is -2.28. The number of nitrogens with zero attached hydrogens (tertiary/aromatic N) is 3. The molecule has 0 fully saturated rings. The van der Waals surface area contributed by atoms with Crippen molar-refractivity contribution < 1.29 is 0 Å². The van der Waals surface area contributed by atoms with E-state index >= 15 is 0 Å². The van der Waals surface area contributed by atoms with Crippen molar-refractivity contribution in [1.29, 1.82) is 0 Å². The van der Waals surface area contributed by atoms with E-state index < -0.39 is 0 Å². The highest BCUT2D eigenvalue weighted by Crippen LogP contribution is 2.29. The van der Waals surface area contributed by atoms with E-state index in [1.54, 1.807) is 11.3 Å². The number of rotatable bonds is 14. The third-order valence-electron chi connectivity index (χ3n) is 5.44. The molecule has 2 aromatic rings. The first-order chi connectivity index (χ1) is 18.3. The third kappa shape index (κ3) is 15.6. The predicted octanol–water partition coefficient (Wildman–Crippen LogP) is 7.07. The number of amidine groups is 1. The number of likely N-dealkylation sites (N-methyl/N-ethyl adjacent to an activating group) is 2. The van der Waals surface area contributed by atoms with Crippen LogP contribution in [0.15, 0.2) is 64.5 Å². The number of anilines is 2. The van der Waals surface area contributed by atoms with E-state index in [2.05, 4.69) is 86.2 Å². The molecule has 5 N–H and O–H groups in total. The number of nitrogen functional groups attached to an aromatic ring is 1. The van der Waals surface area contributed by atoms with E-state index in [9.17, 15) is 0 Å². The normalized spacial score (nSPS) is 11.7. The molecule has 0 spiro atoms. The van der Waals surface area contributed by atoms with Crippen molar-refractivity contribution in [3.8, 4) is 0 Å². The smallest absolute Gasteiger partial charge is 0.141 e. The number of nitrogens with two attached hydrogens (primary N) is 2. The molecule has 7 heteroatoms. The molecule has 0 aliphatic heterocycles. The number of hydrogen-bond donors (Lipinski definition) is 3. The number of hydrogen-bond acceptors (Lipinski definition) is 6. The van der Waals surface area contributed by atoms with Gasteiger partial charge in [-0.1, -0.05) is 64.5 Å². The van der Waals surface area contributed by atoms with Crippen LogP contribution < -0.4 is 21.7 Å². The summed E-state index contributed by atoms with van der Waals surface area (Å²) < 4.78 is 0. The summed E-state index contributed by atoms with van der Waals surface area (Å²) in [6, 6.07) is 9.90. The number of allylic oxidation sites excluding steroid dienone is 2. The maximum Gasteiger partial charge on any atom is 0.141 e. The first kappa shape index (κ1) is 35.4. The molecule has 0 aliphatic rings. The quantitative estimate of drug-likeness (QED) is 0.0782. The summed E-state index contributed by atoms with van der Waals surface area (Å²) in [5, 5.41) is 5.19. The number of nitrogens with one attached hydrogen (secondary N) is 1. The minimum Gasteiger partial charge on any atom is -0.397 e. The molecular formula is C31H54N6S. The second-order valence-corrected chi connectivity index (χ2v) is 9.85. The van der Waals surface area contributed by atoms with Crippen LogP contribution in [0.4, 0.5) is 17.1 Å².